The predicted molar refractivity (Wildman–Crippen MR) is 188 cm³/mol. The summed E-state index contributed by atoms with van der Waals surface area (Å²) >= 11 is 0. The average Bonchev–Trinajstić information content (AvgIpc) is 3.44. The number of hydrogen-bond acceptors (Lipinski definition) is 10. The van der Waals surface area contributed by atoms with Gasteiger partial charge in [-0.25, -0.2) is 9.79 Å². The first-order chi connectivity index (χ1) is 23.3. The van der Waals surface area contributed by atoms with Crippen LogP contribution in [0.15, 0.2) is 57.9 Å². The van der Waals surface area contributed by atoms with Crippen LogP contribution in [0.1, 0.15) is 95.8 Å². The zero-order valence-electron chi connectivity index (χ0n) is 29.4. The number of ether oxygens (including phenoxy) is 1. The summed E-state index contributed by atoms with van der Waals surface area (Å²) in [5.41, 5.74) is 8.19. The standard InChI is InChI=1S/C35H47N5O9S/c1-8-9-10-11-22-17-21(5)28(24-16-20(4)12-13-23(24)19(2)3)26(18-22)48-33-30(32(42)40(33)50(45,46)47)38-31(41)29(25-14-15-27(36)37-25)39-49-35(6,7)34(43)44/h14,16-18,23-24,30,33H,2,8-13,15H2,1,3-7H3,(H2,36,37)(H,38,41)(H,43,44)(H,45,46,47)/b39-29-/t23?,24-,30-,33?/m1/s1. The van der Waals surface area contributed by atoms with Crippen LogP contribution in [0.2, 0.25) is 0 Å². The highest BCUT2D eigenvalue weighted by molar-refractivity contribution is 7.84. The van der Waals surface area contributed by atoms with Gasteiger partial charge in [0.2, 0.25) is 11.8 Å². The third-order valence-corrected chi connectivity index (χ3v) is 9.97. The molecule has 2 heterocycles. The van der Waals surface area contributed by atoms with Gasteiger partial charge in [-0.15, -0.1) is 0 Å². The van der Waals surface area contributed by atoms with Crippen molar-refractivity contribution in [3.05, 3.63) is 64.4 Å². The van der Waals surface area contributed by atoms with Gasteiger partial charge in [-0.3, -0.25) is 14.1 Å². The summed E-state index contributed by atoms with van der Waals surface area (Å²) in [6.45, 7) is 14.7. The predicted octanol–water partition coefficient (Wildman–Crippen LogP) is 4.46. The average molecular weight is 714 g/mol. The van der Waals surface area contributed by atoms with Crippen molar-refractivity contribution in [3.63, 3.8) is 0 Å². The zero-order chi connectivity index (χ0) is 37.1. The van der Waals surface area contributed by atoms with Crippen molar-refractivity contribution in [1.82, 2.24) is 9.62 Å². The van der Waals surface area contributed by atoms with Crippen molar-refractivity contribution in [2.24, 2.45) is 21.8 Å². The molecular formula is C35H47N5O9S. The molecule has 0 spiro atoms. The number of amides is 2. The molecule has 1 aromatic carbocycles. The number of allylic oxidation sites excluding steroid dienone is 3. The first-order valence-corrected chi connectivity index (χ1v) is 18.0. The summed E-state index contributed by atoms with van der Waals surface area (Å²) in [7, 11) is -5.13. The normalized spacial score (nSPS) is 22.6. The minimum Gasteiger partial charge on any atom is -0.478 e. The number of rotatable bonds is 15. The molecule has 3 aliphatic rings. The number of carbonyl (C=O) groups is 3. The Morgan fingerprint density at radius 1 is 1.24 bits per heavy atom. The molecule has 14 nitrogen and oxygen atoms in total. The SMILES string of the molecule is C=C(C)C1CCC(C)=C[C@H]1c1c(C)cc(CCCCC)cc1OC1[C@H](NC(=O)/C(=N\OC(C)(C)C(=O)O)C2=CCC(N)=N2)C(=O)N1S(=O)(=O)O. The van der Waals surface area contributed by atoms with Gasteiger partial charge in [0.25, 0.3) is 11.8 Å². The summed E-state index contributed by atoms with van der Waals surface area (Å²) in [6, 6.07) is 2.30. The Morgan fingerprint density at radius 2 is 1.94 bits per heavy atom. The maximum Gasteiger partial charge on any atom is 0.365 e. The van der Waals surface area contributed by atoms with Gasteiger partial charge in [-0.05, 0) is 89.5 Å². The minimum absolute atomic E-state index is 0.0416. The zero-order valence-corrected chi connectivity index (χ0v) is 30.2. The minimum atomic E-state index is -5.13. The highest BCUT2D eigenvalue weighted by atomic mass is 32.2. The summed E-state index contributed by atoms with van der Waals surface area (Å²) in [5.74, 6) is -3.23. The van der Waals surface area contributed by atoms with Crippen molar-refractivity contribution >= 4 is 39.6 Å². The van der Waals surface area contributed by atoms with Crippen LogP contribution in [0.4, 0.5) is 0 Å². The van der Waals surface area contributed by atoms with E-state index in [1.54, 1.807) is 0 Å². The molecule has 1 saturated heterocycles. The van der Waals surface area contributed by atoms with Crippen molar-refractivity contribution < 1.29 is 42.0 Å². The van der Waals surface area contributed by atoms with E-state index in [0.717, 1.165) is 60.8 Å². The smallest absolute Gasteiger partial charge is 0.365 e. The first kappa shape index (κ1) is 38.3. The largest absolute Gasteiger partial charge is 0.478 e. The van der Waals surface area contributed by atoms with Crippen LogP contribution >= 0.6 is 0 Å². The summed E-state index contributed by atoms with van der Waals surface area (Å²) < 4.78 is 41.7. The molecule has 0 bridgehead atoms. The lowest BCUT2D eigenvalue weighted by molar-refractivity contribution is -0.161. The lowest BCUT2D eigenvalue weighted by Crippen LogP contribution is -2.74. The van der Waals surface area contributed by atoms with Gasteiger partial charge >= 0.3 is 16.3 Å². The molecule has 15 heteroatoms. The molecule has 1 fully saturated rings. The highest BCUT2D eigenvalue weighted by Gasteiger charge is 2.57. The van der Waals surface area contributed by atoms with Crippen molar-refractivity contribution in [3.8, 4) is 5.75 Å². The van der Waals surface area contributed by atoms with Gasteiger partial charge in [0.05, 0.1) is 5.70 Å². The molecule has 50 heavy (non-hydrogen) atoms. The molecule has 1 aliphatic carbocycles. The Morgan fingerprint density at radius 3 is 2.52 bits per heavy atom. The summed E-state index contributed by atoms with van der Waals surface area (Å²) in [5, 5.41) is 15.7. The molecule has 0 radical (unpaired) electrons. The maximum atomic E-state index is 13.7. The van der Waals surface area contributed by atoms with Gasteiger partial charge in [0, 0.05) is 17.9 Å². The molecule has 2 amide bonds. The van der Waals surface area contributed by atoms with E-state index in [1.807, 2.05) is 26.8 Å². The second-order valence-electron chi connectivity index (χ2n) is 13.6. The Hall–Kier alpha value is -4.50. The van der Waals surface area contributed by atoms with Gasteiger partial charge in [0.1, 0.15) is 11.6 Å². The molecule has 272 valence electrons. The number of benzene rings is 1. The fourth-order valence-corrected chi connectivity index (χ4v) is 7.03. The number of carboxylic acids is 1. The third kappa shape index (κ3) is 8.44. The molecule has 2 aliphatic heterocycles. The summed E-state index contributed by atoms with van der Waals surface area (Å²) in [6.07, 6.45) is 7.50. The summed E-state index contributed by atoms with van der Waals surface area (Å²) in [4.78, 5) is 47.8. The van der Waals surface area contributed by atoms with Gasteiger partial charge in [-0.2, -0.15) is 12.7 Å². The fourth-order valence-electron chi connectivity index (χ4n) is 6.26. The number of amidine groups is 1. The molecule has 4 atom stereocenters. The number of nitrogens with one attached hydrogen (secondary N) is 1. The van der Waals surface area contributed by atoms with E-state index in [-0.39, 0.29) is 34.1 Å². The van der Waals surface area contributed by atoms with E-state index >= 15 is 0 Å². The molecule has 2 unspecified atom stereocenters. The van der Waals surface area contributed by atoms with Crippen LogP contribution < -0.4 is 15.8 Å². The van der Waals surface area contributed by atoms with E-state index in [9.17, 15) is 32.5 Å². The Kier molecular flexibility index (Phi) is 11.6. The molecular weight excluding hydrogens is 666 g/mol. The molecule has 0 aromatic heterocycles. The topological polar surface area (TPSA) is 210 Å². The number of unbranched alkanes of at least 4 members (excludes halogenated alkanes) is 2. The molecule has 5 N–H and O–H groups in total. The Bertz CT molecular complexity index is 1790. The van der Waals surface area contributed by atoms with Crippen molar-refractivity contribution in [2.75, 3.05) is 0 Å². The number of aliphatic carboxylic acids is 1. The second kappa shape index (κ2) is 15.2. The highest BCUT2D eigenvalue weighted by Crippen LogP contribution is 2.45. The van der Waals surface area contributed by atoms with Crippen LogP contribution in [-0.4, -0.2) is 69.6 Å². The second-order valence-corrected chi connectivity index (χ2v) is 14.9. The number of aliphatic imine (C=N–C) groups is 1. The van der Waals surface area contributed by atoms with Crippen LogP contribution in [0.25, 0.3) is 0 Å². The number of carboxylic acid groups (broad SMARTS) is 1. The van der Waals surface area contributed by atoms with E-state index in [0.29, 0.717) is 5.75 Å². The van der Waals surface area contributed by atoms with Crippen LogP contribution in [0.3, 0.4) is 0 Å². The number of β-lactam (4-membered cyclic amide) rings is 1. The van der Waals surface area contributed by atoms with Crippen LogP contribution in [0.5, 0.6) is 5.75 Å². The number of aryl methyl sites for hydroxylation is 2. The van der Waals surface area contributed by atoms with Crippen molar-refractivity contribution in [2.45, 2.75) is 110 Å². The lowest BCUT2D eigenvalue weighted by atomic mass is 9.73. The molecule has 4 rings (SSSR count). The first-order valence-electron chi connectivity index (χ1n) is 16.6. The number of nitrogens with two attached hydrogens (primary N) is 1. The number of hydrogen-bond donors (Lipinski definition) is 4. The van der Waals surface area contributed by atoms with E-state index < -0.39 is 51.7 Å². The van der Waals surface area contributed by atoms with E-state index in [1.165, 1.54) is 25.5 Å². The Balaban J connectivity index is 1.77. The van der Waals surface area contributed by atoms with Crippen molar-refractivity contribution in [1.29, 1.82) is 0 Å². The Labute approximate surface area is 293 Å². The number of carbonyl (C=O) groups excluding carboxylic acids is 2. The lowest BCUT2D eigenvalue weighted by Gasteiger charge is -2.44. The molecule has 1 aromatic rings. The fraction of sp³-hybridized carbons (Fsp3) is 0.514. The quantitative estimate of drug-likeness (QED) is 0.0501. The number of nitrogens with zero attached hydrogens (tertiary/aromatic N) is 3. The molecule has 0 saturated carbocycles. The van der Waals surface area contributed by atoms with Crippen LogP contribution in [-0.2, 0) is 35.9 Å². The third-order valence-electron chi connectivity index (χ3n) is 9.08. The van der Waals surface area contributed by atoms with Gasteiger partial charge in [0.15, 0.2) is 11.8 Å². The van der Waals surface area contributed by atoms with Gasteiger partial charge < -0.3 is 25.7 Å². The van der Waals surface area contributed by atoms with Gasteiger partial charge in [-0.1, -0.05) is 54.8 Å². The van der Waals surface area contributed by atoms with E-state index in [2.05, 4.69) is 41.1 Å². The monoisotopic (exact) mass is 713 g/mol. The maximum absolute atomic E-state index is 13.7. The number of oxime groups is 1. The van der Waals surface area contributed by atoms with E-state index in [4.69, 9.17) is 15.3 Å². The van der Waals surface area contributed by atoms with Crippen LogP contribution in [0, 0.1) is 12.8 Å².